The second kappa shape index (κ2) is 5.60. The van der Waals surface area contributed by atoms with E-state index in [2.05, 4.69) is 15.5 Å². The molecular formula is C15H20N4OS. The van der Waals surface area contributed by atoms with E-state index >= 15 is 0 Å². The molecule has 2 aromatic rings. The van der Waals surface area contributed by atoms with Gasteiger partial charge in [0.1, 0.15) is 5.01 Å². The molecule has 0 bridgehead atoms. The first kappa shape index (κ1) is 14.3. The maximum Gasteiger partial charge on any atom is 0.257 e. The minimum Gasteiger partial charge on any atom is -0.329 e. The first-order chi connectivity index (χ1) is 10.1. The number of piperidine rings is 1. The van der Waals surface area contributed by atoms with Crippen molar-refractivity contribution >= 4 is 17.2 Å². The monoisotopic (exact) mass is 304 g/mol. The normalized spacial score (nSPS) is 19.0. The quantitative estimate of drug-likeness (QED) is 0.857. The summed E-state index contributed by atoms with van der Waals surface area (Å²) >= 11 is 1.66. The largest absolute Gasteiger partial charge is 0.329 e. The summed E-state index contributed by atoms with van der Waals surface area (Å²) in [5.41, 5.74) is 2.53. The number of hydrogen-bond acceptors (Lipinski definition) is 4. The molecule has 1 aliphatic heterocycles. The van der Waals surface area contributed by atoms with Crippen molar-refractivity contribution in [2.45, 2.75) is 39.2 Å². The van der Waals surface area contributed by atoms with Gasteiger partial charge in [0, 0.05) is 30.9 Å². The van der Waals surface area contributed by atoms with Gasteiger partial charge < -0.3 is 4.90 Å². The highest BCUT2D eigenvalue weighted by Crippen LogP contribution is 2.34. The molecule has 112 valence electrons. The van der Waals surface area contributed by atoms with Crippen molar-refractivity contribution in [3.05, 3.63) is 33.5 Å². The smallest absolute Gasteiger partial charge is 0.257 e. The Morgan fingerprint density at radius 2 is 2.19 bits per heavy atom. The van der Waals surface area contributed by atoms with E-state index in [0.29, 0.717) is 5.56 Å². The van der Waals surface area contributed by atoms with Crippen molar-refractivity contribution in [2.75, 3.05) is 6.54 Å². The third kappa shape index (κ3) is 2.72. The SMILES string of the molecule is Cc1csc([C@@H]2CCCCN2C(=O)c2cn(C)nc2C)n1. The summed E-state index contributed by atoms with van der Waals surface area (Å²) in [7, 11) is 1.85. The van der Waals surface area contributed by atoms with Crippen LogP contribution < -0.4 is 0 Å². The van der Waals surface area contributed by atoms with Crippen molar-refractivity contribution in [1.82, 2.24) is 19.7 Å². The number of amides is 1. The second-order valence-corrected chi connectivity index (χ2v) is 6.53. The van der Waals surface area contributed by atoms with E-state index < -0.39 is 0 Å². The molecule has 1 aliphatic rings. The summed E-state index contributed by atoms with van der Waals surface area (Å²) in [6.07, 6.45) is 5.03. The van der Waals surface area contributed by atoms with Crippen LogP contribution in [0.15, 0.2) is 11.6 Å². The standard InChI is InChI=1S/C15H20N4OS/c1-10-9-21-14(16-10)13-6-4-5-7-19(13)15(20)12-8-18(3)17-11(12)2/h8-9,13H,4-7H2,1-3H3/t13-/m0/s1. The van der Waals surface area contributed by atoms with Gasteiger partial charge in [0.05, 0.1) is 17.3 Å². The van der Waals surface area contributed by atoms with Crippen LogP contribution in [0.3, 0.4) is 0 Å². The molecule has 1 saturated heterocycles. The van der Waals surface area contributed by atoms with Crippen molar-refractivity contribution in [2.24, 2.45) is 7.05 Å². The van der Waals surface area contributed by atoms with Gasteiger partial charge in [-0.05, 0) is 33.1 Å². The fourth-order valence-corrected chi connectivity index (χ4v) is 3.86. The molecule has 0 spiro atoms. The number of aromatic nitrogens is 3. The zero-order valence-electron chi connectivity index (χ0n) is 12.7. The number of rotatable bonds is 2. The van der Waals surface area contributed by atoms with Gasteiger partial charge in [-0.15, -0.1) is 11.3 Å². The number of carbonyl (C=O) groups is 1. The van der Waals surface area contributed by atoms with E-state index in [1.54, 1.807) is 16.0 Å². The van der Waals surface area contributed by atoms with E-state index in [9.17, 15) is 4.79 Å². The molecule has 0 unspecified atom stereocenters. The lowest BCUT2D eigenvalue weighted by Gasteiger charge is -2.34. The lowest BCUT2D eigenvalue weighted by atomic mass is 10.0. The molecule has 6 heteroatoms. The maximum atomic E-state index is 12.9. The maximum absolute atomic E-state index is 12.9. The van der Waals surface area contributed by atoms with Crippen molar-refractivity contribution in [1.29, 1.82) is 0 Å². The van der Waals surface area contributed by atoms with Crippen molar-refractivity contribution in [3.8, 4) is 0 Å². The summed E-state index contributed by atoms with van der Waals surface area (Å²) in [5, 5.41) is 7.40. The fraction of sp³-hybridized carbons (Fsp3) is 0.533. The predicted molar refractivity (Wildman–Crippen MR) is 82.4 cm³/mol. The number of likely N-dealkylation sites (tertiary alicyclic amines) is 1. The van der Waals surface area contributed by atoms with Gasteiger partial charge >= 0.3 is 0 Å². The van der Waals surface area contributed by atoms with Crippen LogP contribution in [-0.4, -0.2) is 32.1 Å². The summed E-state index contributed by atoms with van der Waals surface area (Å²) in [6, 6.07) is 0.115. The van der Waals surface area contributed by atoms with Gasteiger partial charge in [-0.3, -0.25) is 9.48 Å². The average molecular weight is 304 g/mol. The summed E-state index contributed by atoms with van der Waals surface area (Å²) in [6.45, 7) is 4.69. The second-order valence-electron chi connectivity index (χ2n) is 5.64. The van der Waals surface area contributed by atoms with Crippen LogP contribution in [0, 0.1) is 13.8 Å². The first-order valence-corrected chi connectivity index (χ1v) is 8.17. The Hall–Kier alpha value is -1.69. The third-order valence-corrected chi connectivity index (χ3v) is 4.99. The molecule has 0 radical (unpaired) electrons. The van der Waals surface area contributed by atoms with Gasteiger partial charge in [-0.1, -0.05) is 0 Å². The molecule has 0 saturated carbocycles. The number of thiazole rings is 1. The highest BCUT2D eigenvalue weighted by molar-refractivity contribution is 7.09. The number of hydrogen-bond donors (Lipinski definition) is 0. The van der Waals surface area contributed by atoms with Crippen LogP contribution in [0.4, 0.5) is 0 Å². The topological polar surface area (TPSA) is 51.0 Å². The minimum atomic E-state index is 0.0816. The highest BCUT2D eigenvalue weighted by atomic mass is 32.1. The van der Waals surface area contributed by atoms with Crippen LogP contribution >= 0.6 is 11.3 Å². The van der Waals surface area contributed by atoms with E-state index in [-0.39, 0.29) is 11.9 Å². The van der Waals surface area contributed by atoms with E-state index in [1.165, 1.54) is 0 Å². The summed E-state index contributed by atoms with van der Waals surface area (Å²) in [5.74, 6) is 0.0816. The van der Waals surface area contributed by atoms with Crippen molar-refractivity contribution < 1.29 is 4.79 Å². The lowest BCUT2D eigenvalue weighted by molar-refractivity contribution is 0.0610. The Morgan fingerprint density at radius 1 is 1.38 bits per heavy atom. The Morgan fingerprint density at radius 3 is 2.81 bits per heavy atom. The Kier molecular flexibility index (Phi) is 3.80. The Labute approximate surface area is 128 Å². The van der Waals surface area contributed by atoms with Crippen LogP contribution in [0.1, 0.15) is 52.1 Å². The predicted octanol–water partition coefficient (Wildman–Crippen LogP) is 2.86. The van der Waals surface area contributed by atoms with Gasteiger partial charge in [0.25, 0.3) is 5.91 Å². The summed E-state index contributed by atoms with van der Waals surface area (Å²) in [4.78, 5) is 19.4. The lowest BCUT2D eigenvalue weighted by Crippen LogP contribution is -2.38. The zero-order valence-corrected chi connectivity index (χ0v) is 13.5. The van der Waals surface area contributed by atoms with Gasteiger partial charge in [0.2, 0.25) is 0 Å². The molecule has 1 amide bonds. The molecule has 1 atom stereocenters. The van der Waals surface area contributed by atoms with Gasteiger partial charge in [-0.25, -0.2) is 4.98 Å². The molecule has 5 nitrogen and oxygen atoms in total. The molecule has 3 heterocycles. The first-order valence-electron chi connectivity index (χ1n) is 7.29. The van der Waals surface area contributed by atoms with Crippen LogP contribution in [0.25, 0.3) is 0 Å². The molecule has 3 rings (SSSR count). The van der Waals surface area contributed by atoms with E-state index in [1.807, 2.05) is 32.0 Å². The third-order valence-electron chi connectivity index (χ3n) is 3.93. The van der Waals surface area contributed by atoms with Gasteiger partial charge in [0.15, 0.2) is 0 Å². The molecule has 0 aromatic carbocycles. The average Bonchev–Trinajstić information content (AvgIpc) is 3.04. The minimum absolute atomic E-state index is 0.0816. The van der Waals surface area contributed by atoms with Crippen molar-refractivity contribution in [3.63, 3.8) is 0 Å². The molecule has 21 heavy (non-hydrogen) atoms. The molecule has 0 aliphatic carbocycles. The summed E-state index contributed by atoms with van der Waals surface area (Å²) < 4.78 is 1.70. The van der Waals surface area contributed by atoms with Gasteiger partial charge in [-0.2, -0.15) is 5.10 Å². The molecular weight excluding hydrogens is 284 g/mol. The zero-order chi connectivity index (χ0) is 15.0. The Bertz CT molecular complexity index is 660. The molecule has 0 N–H and O–H groups in total. The van der Waals surface area contributed by atoms with E-state index in [0.717, 1.165) is 42.2 Å². The van der Waals surface area contributed by atoms with Crippen LogP contribution in [0.5, 0.6) is 0 Å². The number of aryl methyl sites for hydroxylation is 3. The van der Waals surface area contributed by atoms with Crippen LogP contribution in [0.2, 0.25) is 0 Å². The fourth-order valence-electron chi connectivity index (χ4n) is 2.92. The van der Waals surface area contributed by atoms with E-state index in [4.69, 9.17) is 0 Å². The van der Waals surface area contributed by atoms with Crippen LogP contribution in [-0.2, 0) is 7.05 Å². The number of carbonyl (C=O) groups excluding carboxylic acids is 1. The molecule has 2 aromatic heterocycles. The Balaban J connectivity index is 1.90. The molecule has 1 fully saturated rings. The highest BCUT2D eigenvalue weighted by Gasteiger charge is 2.31. The number of nitrogens with zero attached hydrogens (tertiary/aromatic N) is 4.